The summed E-state index contributed by atoms with van der Waals surface area (Å²) < 4.78 is 5.29. The summed E-state index contributed by atoms with van der Waals surface area (Å²) in [5.74, 6) is 0.00623. The van der Waals surface area contributed by atoms with Gasteiger partial charge in [-0.3, -0.25) is 30.3 Å². The van der Waals surface area contributed by atoms with Gasteiger partial charge in [0, 0.05) is 0 Å². The Bertz CT molecular complexity index is 682. The lowest BCUT2D eigenvalue weighted by Crippen LogP contribution is -2.46. The van der Waals surface area contributed by atoms with Gasteiger partial charge in [-0.15, -0.1) is 0 Å². The lowest BCUT2D eigenvalue weighted by Gasteiger charge is -2.17. The smallest absolute Gasteiger partial charge is 0.451 e. The summed E-state index contributed by atoms with van der Waals surface area (Å²) in [5.41, 5.74) is -3.48. The molecule has 1 aromatic rings. The van der Waals surface area contributed by atoms with Crippen LogP contribution in [0, 0.1) is 30.3 Å². The molecule has 114 valence electrons. The number of nitrogens with zero attached hydrogens (tertiary/aromatic N) is 3. The quantitative estimate of drug-likeness (QED) is 0.458. The summed E-state index contributed by atoms with van der Waals surface area (Å²) in [4.78, 5) is 29.8. The molecule has 0 aromatic heterocycles. The molecule has 0 atom stereocenters. The average Bonchev–Trinajstić information content (AvgIpc) is 2.48. The standard InChI is InChI=1S/C12H9N3O7/c16-13(17)10-8-12(14(18)19,15(20)21)7-6-11(10)22-9-4-2-1-3-5-9/h1-7H,8H2. The molecular weight excluding hydrogens is 298 g/mol. The number of para-hydroxylation sites is 1. The predicted octanol–water partition coefficient (Wildman–Crippen LogP) is 1.76. The van der Waals surface area contributed by atoms with Crippen molar-refractivity contribution in [3.8, 4) is 5.75 Å². The van der Waals surface area contributed by atoms with Gasteiger partial charge in [0.1, 0.15) is 15.6 Å². The van der Waals surface area contributed by atoms with Crippen molar-refractivity contribution in [2.75, 3.05) is 0 Å². The Hall–Kier alpha value is -3.30. The summed E-state index contributed by atoms with van der Waals surface area (Å²) in [7, 11) is 0. The molecule has 10 nitrogen and oxygen atoms in total. The Morgan fingerprint density at radius 1 is 1.00 bits per heavy atom. The second kappa shape index (κ2) is 5.60. The maximum atomic E-state index is 11.1. The maximum Gasteiger partial charge on any atom is 0.488 e. The summed E-state index contributed by atoms with van der Waals surface area (Å²) >= 11 is 0. The van der Waals surface area contributed by atoms with Gasteiger partial charge < -0.3 is 4.74 Å². The lowest BCUT2D eigenvalue weighted by atomic mass is 9.98. The highest BCUT2D eigenvalue weighted by atomic mass is 16.7. The zero-order valence-corrected chi connectivity index (χ0v) is 10.9. The van der Waals surface area contributed by atoms with Gasteiger partial charge in [-0.05, 0) is 18.2 Å². The molecular formula is C12H9N3O7. The normalized spacial score (nSPS) is 16.2. The van der Waals surface area contributed by atoms with Crippen LogP contribution in [0.3, 0.4) is 0 Å². The van der Waals surface area contributed by atoms with Crippen molar-refractivity contribution in [1.82, 2.24) is 0 Å². The molecule has 0 spiro atoms. The van der Waals surface area contributed by atoms with Crippen molar-refractivity contribution >= 4 is 0 Å². The monoisotopic (exact) mass is 307 g/mol. The van der Waals surface area contributed by atoms with Gasteiger partial charge in [-0.1, -0.05) is 18.2 Å². The topological polar surface area (TPSA) is 139 Å². The van der Waals surface area contributed by atoms with Crippen LogP contribution in [0.4, 0.5) is 0 Å². The summed E-state index contributed by atoms with van der Waals surface area (Å²) in [5, 5.41) is 33.0. The number of nitro groups is 3. The van der Waals surface area contributed by atoms with Crippen molar-refractivity contribution in [2.45, 2.75) is 12.1 Å². The van der Waals surface area contributed by atoms with E-state index in [9.17, 15) is 30.3 Å². The van der Waals surface area contributed by atoms with E-state index in [0.29, 0.717) is 6.08 Å². The molecule has 0 unspecified atom stereocenters. The van der Waals surface area contributed by atoms with E-state index >= 15 is 0 Å². The molecule has 0 amide bonds. The van der Waals surface area contributed by atoms with Crippen LogP contribution in [0.15, 0.2) is 53.9 Å². The van der Waals surface area contributed by atoms with Crippen LogP contribution in [0.2, 0.25) is 0 Å². The molecule has 0 radical (unpaired) electrons. The van der Waals surface area contributed by atoms with Crippen LogP contribution in [0.25, 0.3) is 0 Å². The van der Waals surface area contributed by atoms with Crippen LogP contribution in [-0.2, 0) is 0 Å². The summed E-state index contributed by atoms with van der Waals surface area (Å²) in [6.45, 7) is 0. The van der Waals surface area contributed by atoms with Crippen LogP contribution >= 0.6 is 0 Å². The predicted molar refractivity (Wildman–Crippen MR) is 71.6 cm³/mol. The van der Waals surface area contributed by atoms with Gasteiger partial charge in [0.15, 0.2) is 6.42 Å². The molecule has 10 heteroatoms. The van der Waals surface area contributed by atoms with E-state index in [1.54, 1.807) is 18.2 Å². The first kappa shape index (κ1) is 15.1. The fourth-order valence-electron chi connectivity index (χ4n) is 1.88. The van der Waals surface area contributed by atoms with E-state index in [-0.39, 0.29) is 11.5 Å². The molecule has 0 saturated heterocycles. The van der Waals surface area contributed by atoms with Crippen LogP contribution in [0.5, 0.6) is 5.75 Å². The average molecular weight is 307 g/mol. The van der Waals surface area contributed by atoms with Gasteiger partial charge in [0.25, 0.3) is 0 Å². The molecule has 0 heterocycles. The third-order valence-electron chi connectivity index (χ3n) is 3.04. The molecule has 0 saturated carbocycles. The zero-order chi connectivity index (χ0) is 16.3. The Kier molecular flexibility index (Phi) is 3.84. The number of hydrogen-bond donors (Lipinski definition) is 0. The van der Waals surface area contributed by atoms with Crippen molar-refractivity contribution in [3.63, 3.8) is 0 Å². The molecule has 1 aromatic carbocycles. The minimum absolute atomic E-state index is 0.268. The van der Waals surface area contributed by atoms with Crippen molar-refractivity contribution in [2.24, 2.45) is 0 Å². The molecule has 1 aliphatic carbocycles. The molecule has 0 bridgehead atoms. The second-order valence-corrected chi connectivity index (χ2v) is 4.39. The van der Waals surface area contributed by atoms with Gasteiger partial charge in [0.2, 0.25) is 5.76 Å². The van der Waals surface area contributed by atoms with E-state index < -0.39 is 32.6 Å². The molecule has 0 N–H and O–H groups in total. The van der Waals surface area contributed by atoms with E-state index in [1.807, 2.05) is 0 Å². The minimum atomic E-state index is -2.76. The maximum absolute atomic E-state index is 11.1. The molecule has 22 heavy (non-hydrogen) atoms. The lowest BCUT2D eigenvalue weighted by molar-refractivity contribution is -0.783. The molecule has 1 aliphatic rings. The Morgan fingerprint density at radius 3 is 2.09 bits per heavy atom. The highest BCUT2D eigenvalue weighted by Gasteiger charge is 2.59. The number of benzene rings is 1. The largest absolute Gasteiger partial charge is 0.488 e. The number of rotatable bonds is 5. The van der Waals surface area contributed by atoms with Crippen LogP contribution < -0.4 is 4.74 Å². The fraction of sp³-hybridized carbons (Fsp3) is 0.167. The van der Waals surface area contributed by atoms with Gasteiger partial charge >= 0.3 is 11.4 Å². The second-order valence-electron chi connectivity index (χ2n) is 4.39. The summed E-state index contributed by atoms with van der Waals surface area (Å²) in [6, 6.07) is 8.03. The highest BCUT2D eigenvalue weighted by Crippen LogP contribution is 2.31. The first-order valence-electron chi connectivity index (χ1n) is 5.95. The highest BCUT2D eigenvalue weighted by molar-refractivity contribution is 5.31. The SMILES string of the molecule is O=[N+]([O-])C1=C(Oc2ccccc2)C=CC([N+](=O)[O-])([N+](=O)[O-])C1. The molecule has 2 rings (SSSR count). The van der Waals surface area contributed by atoms with Gasteiger partial charge in [0.05, 0.1) is 11.0 Å². The number of ether oxygens (including phenoxy) is 1. The van der Waals surface area contributed by atoms with Crippen molar-refractivity contribution < 1.29 is 19.5 Å². The third-order valence-corrected chi connectivity index (χ3v) is 3.04. The van der Waals surface area contributed by atoms with Crippen molar-refractivity contribution in [3.05, 3.63) is 84.3 Å². The van der Waals surface area contributed by atoms with E-state index in [0.717, 1.165) is 6.08 Å². The zero-order valence-electron chi connectivity index (χ0n) is 10.9. The Labute approximate surface area is 122 Å². The third kappa shape index (κ3) is 2.61. The van der Waals surface area contributed by atoms with Gasteiger partial charge in [-0.2, -0.15) is 0 Å². The minimum Gasteiger partial charge on any atom is -0.451 e. The molecule has 0 aliphatic heterocycles. The van der Waals surface area contributed by atoms with Crippen LogP contribution in [-0.4, -0.2) is 20.4 Å². The summed E-state index contributed by atoms with van der Waals surface area (Å²) in [6.07, 6.45) is 0.581. The van der Waals surface area contributed by atoms with Gasteiger partial charge in [-0.25, -0.2) is 0 Å². The fourth-order valence-corrected chi connectivity index (χ4v) is 1.88. The van der Waals surface area contributed by atoms with E-state index in [4.69, 9.17) is 4.74 Å². The van der Waals surface area contributed by atoms with E-state index in [2.05, 4.69) is 0 Å². The van der Waals surface area contributed by atoms with E-state index in [1.165, 1.54) is 12.1 Å². The Balaban J connectivity index is 2.42. The molecule has 0 fully saturated rings. The van der Waals surface area contributed by atoms with Crippen molar-refractivity contribution in [1.29, 1.82) is 0 Å². The number of hydrogen-bond acceptors (Lipinski definition) is 7. The van der Waals surface area contributed by atoms with Crippen LogP contribution in [0.1, 0.15) is 6.42 Å². The Morgan fingerprint density at radius 2 is 1.59 bits per heavy atom. The first-order chi connectivity index (χ1) is 10.4. The number of allylic oxidation sites excluding steroid dienone is 1. The first-order valence-corrected chi connectivity index (χ1v) is 5.95.